The molecule has 7 nitrogen and oxygen atoms in total. The molecule has 0 unspecified atom stereocenters. The summed E-state index contributed by atoms with van der Waals surface area (Å²) in [4.78, 5) is 21.1. The molecular formula is C21H23N5O2. The fourth-order valence-electron chi connectivity index (χ4n) is 3.44. The molecule has 2 heterocycles. The Morgan fingerprint density at radius 3 is 2.57 bits per heavy atom. The van der Waals surface area contributed by atoms with Crippen molar-refractivity contribution in [2.75, 3.05) is 38.2 Å². The number of methoxy groups -OCH3 is 1. The highest BCUT2D eigenvalue weighted by Gasteiger charge is 2.26. The third-order valence-electron chi connectivity index (χ3n) is 4.94. The molecule has 0 saturated carbocycles. The van der Waals surface area contributed by atoms with E-state index in [2.05, 4.69) is 15.0 Å². The van der Waals surface area contributed by atoms with Gasteiger partial charge in [-0.2, -0.15) is 0 Å². The summed E-state index contributed by atoms with van der Waals surface area (Å²) in [6.45, 7) is 4.74. The summed E-state index contributed by atoms with van der Waals surface area (Å²) in [7, 11) is 1.68. The summed E-state index contributed by atoms with van der Waals surface area (Å²) in [5.41, 5.74) is 3.08. The van der Waals surface area contributed by atoms with Crippen LogP contribution in [0, 0.1) is 6.92 Å². The topological polar surface area (TPSA) is 63.5 Å². The van der Waals surface area contributed by atoms with Crippen molar-refractivity contribution in [3.05, 3.63) is 66.2 Å². The minimum Gasteiger partial charge on any atom is -0.495 e. The molecule has 0 spiro atoms. The van der Waals surface area contributed by atoms with Crippen molar-refractivity contribution in [1.29, 1.82) is 0 Å². The van der Waals surface area contributed by atoms with Crippen molar-refractivity contribution in [3.8, 4) is 11.4 Å². The molecule has 0 aliphatic carbocycles. The van der Waals surface area contributed by atoms with Gasteiger partial charge in [0, 0.05) is 26.2 Å². The Hall–Kier alpha value is -3.35. The Labute approximate surface area is 164 Å². The van der Waals surface area contributed by atoms with E-state index in [1.165, 1.54) is 0 Å². The van der Waals surface area contributed by atoms with Crippen molar-refractivity contribution < 1.29 is 9.53 Å². The second kappa shape index (κ2) is 7.72. The SMILES string of the molecule is COc1ccccc1N1CCN(C(=O)c2ncn(-c3cccc(C)c3)n2)CC1. The number of amides is 1. The quantitative estimate of drug-likeness (QED) is 0.699. The third-order valence-corrected chi connectivity index (χ3v) is 4.94. The first-order valence-corrected chi connectivity index (χ1v) is 9.31. The van der Waals surface area contributed by atoms with E-state index in [0.29, 0.717) is 13.1 Å². The van der Waals surface area contributed by atoms with Gasteiger partial charge in [0.2, 0.25) is 5.82 Å². The van der Waals surface area contributed by atoms with Gasteiger partial charge in [-0.3, -0.25) is 4.79 Å². The lowest BCUT2D eigenvalue weighted by Gasteiger charge is -2.36. The zero-order valence-corrected chi connectivity index (χ0v) is 16.1. The van der Waals surface area contributed by atoms with Crippen LogP contribution in [0.5, 0.6) is 5.75 Å². The van der Waals surface area contributed by atoms with Gasteiger partial charge in [-0.25, -0.2) is 9.67 Å². The zero-order chi connectivity index (χ0) is 19.5. The fourth-order valence-corrected chi connectivity index (χ4v) is 3.44. The maximum absolute atomic E-state index is 12.8. The normalized spacial score (nSPS) is 14.2. The highest BCUT2D eigenvalue weighted by atomic mass is 16.5. The van der Waals surface area contributed by atoms with E-state index in [-0.39, 0.29) is 11.7 Å². The molecule has 4 rings (SSSR count). The summed E-state index contributed by atoms with van der Waals surface area (Å²) in [6, 6.07) is 15.9. The van der Waals surface area contributed by atoms with Crippen molar-refractivity contribution in [1.82, 2.24) is 19.7 Å². The van der Waals surface area contributed by atoms with Crippen LogP contribution in [0.3, 0.4) is 0 Å². The molecule has 1 fully saturated rings. The van der Waals surface area contributed by atoms with Gasteiger partial charge >= 0.3 is 0 Å². The molecular weight excluding hydrogens is 354 g/mol. The summed E-state index contributed by atoms with van der Waals surface area (Å²) in [6.07, 6.45) is 1.59. The molecule has 28 heavy (non-hydrogen) atoms. The Bertz CT molecular complexity index is 976. The predicted octanol–water partition coefficient (Wildman–Crippen LogP) is 2.55. The number of hydrogen-bond acceptors (Lipinski definition) is 5. The van der Waals surface area contributed by atoms with E-state index in [1.54, 1.807) is 18.1 Å². The minimum atomic E-state index is -0.133. The van der Waals surface area contributed by atoms with Gasteiger partial charge in [0.15, 0.2) is 0 Å². The molecule has 1 aliphatic heterocycles. The number of aryl methyl sites for hydroxylation is 1. The molecule has 0 N–H and O–H groups in total. The lowest BCUT2D eigenvalue weighted by atomic mass is 10.2. The number of carbonyl (C=O) groups excluding carboxylic acids is 1. The molecule has 0 radical (unpaired) electrons. The summed E-state index contributed by atoms with van der Waals surface area (Å²) < 4.78 is 7.09. The number of rotatable bonds is 4. The lowest BCUT2D eigenvalue weighted by Crippen LogP contribution is -2.49. The van der Waals surface area contributed by atoms with Crippen LogP contribution in [-0.4, -0.2) is 58.9 Å². The number of benzene rings is 2. The maximum atomic E-state index is 12.8. The molecule has 3 aromatic rings. The van der Waals surface area contributed by atoms with Gasteiger partial charge in [-0.05, 0) is 36.8 Å². The van der Waals surface area contributed by atoms with E-state index < -0.39 is 0 Å². The van der Waals surface area contributed by atoms with Crippen molar-refractivity contribution in [3.63, 3.8) is 0 Å². The summed E-state index contributed by atoms with van der Waals surface area (Å²) in [5.74, 6) is 0.944. The number of hydrogen-bond donors (Lipinski definition) is 0. The number of anilines is 1. The van der Waals surface area contributed by atoms with Crippen LogP contribution in [0.1, 0.15) is 16.2 Å². The van der Waals surface area contributed by atoms with E-state index in [0.717, 1.165) is 35.8 Å². The van der Waals surface area contributed by atoms with Crippen LogP contribution in [-0.2, 0) is 0 Å². The molecule has 0 bridgehead atoms. The Morgan fingerprint density at radius 1 is 1.04 bits per heavy atom. The summed E-state index contributed by atoms with van der Waals surface area (Å²) >= 11 is 0. The number of carbonyl (C=O) groups is 1. The number of para-hydroxylation sites is 2. The molecule has 1 aliphatic rings. The first kappa shape index (κ1) is 18.0. The maximum Gasteiger partial charge on any atom is 0.293 e. The monoisotopic (exact) mass is 377 g/mol. The molecule has 1 aromatic heterocycles. The molecule has 7 heteroatoms. The Balaban J connectivity index is 1.43. The second-order valence-electron chi connectivity index (χ2n) is 6.80. The average Bonchev–Trinajstić information content (AvgIpc) is 3.24. The van der Waals surface area contributed by atoms with Gasteiger partial charge < -0.3 is 14.5 Å². The van der Waals surface area contributed by atoms with E-state index in [4.69, 9.17) is 4.74 Å². The van der Waals surface area contributed by atoms with Gasteiger partial charge in [0.25, 0.3) is 5.91 Å². The second-order valence-corrected chi connectivity index (χ2v) is 6.80. The van der Waals surface area contributed by atoms with E-state index >= 15 is 0 Å². The van der Waals surface area contributed by atoms with Gasteiger partial charge in [0.05, 0.1) is 18.5 Å². The van der Waals surface area contributed by atoms with Crippen LogP contribution < -0.4 is 9.64 Å². The summed E-state index contributed by atoms with van der Waals surface area (Å²) in [5, 5.41) is 4.38. The van der Waals surface area contributed by atoms with E-state index in [9.17, 15) is 4.79 Å². The smallest absolute Gasteiger partial charge is 0.293 e. The number of nitrogens with zero attached hydrogens (tertiary/aromatic N) is 5. The van der Waals surface area contributed by atoms with Crippen molar-refractivity contribution in [2.45, 2.75) is 6.92 Å². The minimum absolute atomic E-state index is 0.133. The van der Waals surface area contributed by atoms with Crippen LogP contribution >= 0.6 is 0 Å². The number of aromatic nitrogens is 3. The largest absolute Gasteiger partial charge is 0.495 e. The molecule has 1 saturated heterocycles. The predicted molar refractivity (Wildman–Crippen MR) is 107 cm³/mol. The number of ether oxygens (including phenoxy) is 1. The highest BCUT2D eigenvalue weighted by molar-refractivity contribution is 5.90. The average molecular weight is 377 g/mol. The van der Waals surface area contributed by atoms with E-state index in [1.807, 2.05) is 60.4 Å². The standard InChI is InChI=1S/C21H23N5O2/c1-16-6-5-7-17(14-16)26-15-22-20(23-26)21(27)25-12-10-24(11-13-25)18-8-3-4-9-19(18)28-2/h3-9,14-15H,10-13H2,1-2H3. The molecule has 0 atom stereocenters. The van der Waals surface area contributed by atoms with Crippen LogP contribution in [0.4, 0.5) is 5.69 Å². The van der Waals surface area contributed by atoms with Crippen molar-refractivity contribution >= 4 is 11.6 Å². The fraction of sp³-hybridized carbons (Fsp3) is 0.286. The Kier molecular flexibility index (Phi) is 4.97. The molecule has 1 amide bonds. The van der Waals surface area contributed by atoms with Gasteiger partial charge in [-0.1, -0.05) is 24.3 Å². The first-order chi connectivity index (χ1) is 13.7. The molecule has 2 aromatic carbocycles. The van der Waals surface area contributed by atoms with Gasteiger partial charge in [0.1, 0.15) is 12.1 Å². The zero-order valence-electron chi connectivity index (χ0n) is 16.1. The first-order valence-electron chi connectivity index (χ1n) is 9.31. The number of piperazine rings is 1. The third kappa shape index (κ3) is 3.55. The van der Waals surface area contributed by atoms with Gasteiger partial charge in [-0.15, -0.1) is 5.10 Å². The van der Waals surface area contributed by atoms with Crippen LogP contribution in [0.2, 0.25) is 0 Å². The highest BCUT2D eigenvalue weighted by Crippen LogP contribution is 2.28. The Morgan fingerprint density at radius 2 is 1.82 bits per heavy atom. The van der Waals surface area contributed by atoms with Crippen LogP contribution in [0.25, 0.3) is 5.69 Å². The molecule has 144 valence electrons. The lowest BCUT2D eigenvalue weighted by molar-refractivity contribution is 0.0734. The van der Waals surface area contributed by atoms with Crippen LogP contribution in [0.15, 0.2) is 54.9 Å². The van der Waals surface area contributed by atoms with Crippen molar-refractivity contribution in [2.24, 2.45) is 0 Å².